The quantitative estimate of drug-likeness (QED) is 0.198. The number of ether oxygens (including phenoxy) is 3. The molecule has 17 heteroatoms. The summed E-state index contributed by atoms with van der Waals surface area (Å²) in [4.78, 5) is 41.0. The minimum atomic E-state index is -4.68. The molecule has 0 aromatic carbocycles. The van der Waals surface area contributed by atoms with Crippen LogP contribution in [-0.2, 0) is 20.4 Å². The van der Waals surface area contributed by atoms with Gasteiger partial charge in [0.15, 0.2) is 11.5 Å². The monoisotopic (exact) mass is 720 g/mol. The first-order valence-electron chi connectivity index (χ1n) is 16.5. The molecule has 2 fully saturated rings. The van der Waals surface area contributed by atoms with Gasteiger partial charge in [0.25, 0.3) is 0 Å². The summed E-state index contributed by atoms with van der Waals surface area (Å²) in [6.45, 7) is 5.53. The van der Waals surface area contributed by atoms with E-state index in [1.165, 1.54) is 6.20 Å². The van der Waals surface area contributed by atoms with Gasteiger partial charge in [-0.1, -0.05) is 6.42 Å². The molecular weight excluding hydrogens is 680 g/mol. The van der Waals surface area contributed by atoms with E-state index in [1.807, 2.05) is 14.0 Å². The fourth-order valence-corrected chi connectivity index (χ4v) is 6.70. The number of aromatic nitrogens is 6. The minimum absolute atomic E-state index is 0. The second kappa shape index (κ2) is 15.6. The van der Waals surface area contributed by atoms with Gasteiger partial charge in [-0.25, -0.2) is 24.9 Å². The number of rotatable bonds is 13. The predicted molar refractivity (Wildman–Crippen MR) is 177 cm³/mol. The van der Waals surface area contributed by atoms with Crippen molar-refractivity contribution in [2.45, 2.75) is 57.7 Å². The third-order valence-electron chi connectivity index (χ3n) is 9.59. The molecule has 4 aromatic heterocycles. The van der Waals surface area contributed by atoms with Crippen molar-refractivity contribution in [2.75, 3.05) is 63.4 Å². The van der Waals surface area contributed by atoms with E-state index in [9.17, 15) is 23.1 Å². The van der Waals surface area contributed by atoms with Crippen molar-refractivity contribution < 1.29 is 66.8 Å². The van der Waals surface area contributed by atoms with Gasteiger partial charge in [-0.15, -0.1) is 0 Å². The van der Waals surface area contributed by atoms with Gasteiger partial charge >= 0.3 is 35.7 Å². The summed E-state index contributed by atoms with van der Waals surface area (Å²) >= 11 is 0. The van der Waals surface area contributed by atoms with E-state index in [1.54, 1.807) is 32.5 Å². The van der Waals surface area contributed by atoms with Crippen molar-refractivity contribution in [3.63, 3.8) is 0 Å². The molecule has 1 N–H and O–H groups in total. The van der Waals surface area contributed by atoms with Gasteiger partial charge in [0, 0.05) is 51.0 Å². The Labute approximate surface area is 315 Å². The molecular formula is C34H40F3N8NaO5. The molecule has 1 aliphatic heterocycles. The van der Waals surface area contributed by atoms with Crippen LogP contribution >= 0.6 is 0 Å². The van der Waals surface area contributed by atoms with Crippen molar-refractivity contribution in [3.8, 4) is 28.7 Å². The molecule has 268 valence electrons. The largest absolute Gasteiger partial charge is 1.00 e. The number of fused-ring (bicyclic) bond motifs is 1. The molecule has 51 heavy (non-hydrogen) atoms. The molecule has 0 amide bonds. The van der Waals surface area contributed by atoms with Crippen LogP contribution < -0.4 is 49.2 Å². The van der Waals surface area contributed by atoms with Crippen LogP contribution in [0.2, 0.25) is 0 Å². The topological polar surface area (TPSA) is 155 Å². The molecule has 4 aromatic rings. The Bertz CT molecular complexity index is 1830. The van der Waals surface area contributed by atoms with Gasteiger partial charge in [-0.3, -0.25) is 0 Å². The molecule has 1 saturated heterocycles. The number of carboxylic acids is 1. The van der Waals surface area contributed by atoms with E-state index in [-0.39, 0.29) is 52.8 Å². The van der Waals surface area contributed by atoms with Crippen molar-refractivity contribution in [2.24, 2.45) is 5.41 Å². The Kier molecular flexibility index (Phi) is 11.8. The SMILES string of the molecule is CCOc1ncc(-c2cc(N(C)CC3(COC)CCC3)c3[nH]c(-c4cnc(N5CCC(C)(OCC(=O)[O-])CC5)cn4)nc3n2)cc1C(F)(F)F.[Na+]. The Morgan fingerprint density at radius 1 is 1.06 bits per heavy atom. The Morgan fingerprint density at radius 2 is 1.80 bits per heavy atom. The van der Waals surface area contributed by atoms with Crippen LogP contribution in [0.15, 0.2) is 30.7 Å². The molecule has 0 atom stereocenters. The first-order chi connectivity index (χ1) is 23.8. The molecule has 0 radical (unpaired) electrons. The normalized spacial score (nSPS) is 16.7. The van der Waals surface area contributed by atoms with E-state index >= 15 is 0 Å². The number of carbonyl (C=O) groups is 1. The Balaban J connectivity index is 0.00000504. The van der Waals surface area contributed by atoms with E-state index in [0.29, 0.717) is 73.3 Å². The van der Waals surface area contributed by atoms with Gasteiger partial charge in [-0.05, 0) is 51.7 Å². The number of imidazole rings is 1. The van der Waals surface area contributed by atoms with Gasteiger partial charge < -0.3 is 38.9 Å². The number of hydrogen-bond acceptors (Lipinski definition) is 12. The molecule has 0 unspecified atom stereocenters. The van der Waals surface area contributed by atoms with Crippen LogP contribution in [0, 0.1) is 5.41 Å². The molecule has 0 bridgehead atoms. The number of piperidine rings is 1. The zero-order valence-electron chi connectivity index (χ0n) is 29.5. The first-order valence-corrected chi connectivity index (χ1v) is 16.5. The number of methoxy groups -OCH3 is 1. The average molecular weight is 721 g/mol. The molecule has 1 saturated carbocycles. The minimum Gasteiger partial charge on any atom is -0.548 e. The van der Waals surface area contributed by atoms with Gasteiger partial charge in [0.2, 0.25) is 5.88 Å². The molecule has 1 aliphatic carbocycles. The first kappa shape index (κ1) is 38.7. The summed E-state index contributed by atoms with van der Waals surface area (Å²) in [6.07, 6.45) is 4.22. The molecule has 13 nitrogen and oxygen atoms in total. The third-order valence-corrected chi connectivity index (χ3v) is 9.59. The molecule has 6 rings (SSSR count). The number of alkyl halides is 3. The molecule has 0 spiro atoms. The number of carboxylic acid groups (broad SMARTS) is 1. The van der Waals surface area contributed by atoms with Gasteiger partial charge in [0.1, 0.15) is 22.6 Å². The van der Waals surface area contributed by atoms with E-state index in [2.05, 4.69) is 34.7 Å². The van der Waals surface area contributed by atoms with E-state index in [4.69, 9.17) is 19.2 Å². The third kappa shape index (κ3) is 8.57. The summed E-state index contributed by atoms with van der Waals surface area (Å²) in [5, 5.41) is 10.9. The second-order valence-electron chi connectivity index (χ2n) is 13.3. The number of aromatic amines is 1. The fourth-order valence-electron chi connectivity index (χ4n) is 6.70. The summed E-state index contributed by atoms with van der Waals surface area (Å²) in [5.74, 6) is -0.681. The average Bonchev–Trinajstić information content (AvgIpc) is 3.51. The fraction of sp³-hybridized carbons (Fsp3) is 0.529. The van der Waals surface area contributed by atoms with Crippen molar-refractivity contribution in [1.82, 2.24) is 29.9 Å². The molecule has 5 heterocycles. The zero-order valence-corrected chi connectivity index (χ0v) is 31.5. The van der Waals surface area contributed by atoms with Gasteiger partial charge in [-0.2, -0.15) is 13.2 Å². The smallest absolute Gasteiger partial charge is 0.548 e. The van der Waals surface area contributed by atoms with Crippen LogP contribution in [0.25, 0.3) is 33.9 Å². The number of anilines is 2. The summed E-state index contributed by atoms with van der Waals surface area (Å²) in [6, 6.07) is 2.75. The number of hydrogen-bond donors (Lipinski definition) is 1. The number of nitrogens with one attached hydrogen (secondary N) is 1. The van der Waals surface area contributed by atoms with Crippen LogP contribution in [0.1, 0.15) is 51.5 Å². The predicted octanol–water partition coefficient (Wildman–Crippen LogP) is 1.28. The standard InChI is InChI=1S/C34H41F3N8O5.Na/c1-5-49-31-22(34(35,36)37)13-21(15-40-31)23-14-25(44(3)19-33(20-48-4)7-6-8-33)28-30(41-23)43-29(42-28)24-16-39-26(17-38-24)45-11-9-32(2,10-12-45)50-18-27(46)47;/h13-17H,5-12,18-20H2,1-4H3,(H,46,47)(H,41,42,43);/q;+1/p-1. The van der Waals surface area contributed by atoms with Crippen molar-refractivity contribution >= 4 is 28.6 Å². The van der Waals surface area contributed by atoms with Crippen LogP contribution in [-0.4, -0.2) is 95.1 Å². The number of aliphatic carboxylic acids is 1. The second-order valence-corrected chi connectivity index (χ2v) is 13.3. The maximum Gasteiger partial charge on any atom is 1.00 e. The van der Waals surface area contributed by atoms with Crippen molar-refractivity contribution in [3.05, 3.63) is 36.3 Å². The number of nitrogens with zero attached hydrogens (tertiary/aromatic N) is 7. The van der Waals surface area contributed by atoms with Gasteiger partial charge in [0.05, 0.1) is 55.2 Å². The number of pyridine rings is 2. The zero-order chi connectivity index (χ0) is 35.7. The summed E-state index contributed by atoms with van der Waals surface area (Å²) < 4.78 is 58.4. The van der Waals surface area contributed by atoms with Crippen LogP contribution in [0.5, 0.6) is 5.88 Å². The summed E-state index contributed by atoms with van der Waals surface area (Å²) in [5.41, 5.74) is 0.918. The number of halogens is 3. The number of H-pyrrole nitrogens is 1. The van der Waals surface area contributed by atoms with Crippen LogP contribution in [0.3, 0.4) is 0 Å². The Morgan fingerprint density at radius 3 is 2.39 bits per heavy atom. The maximum absolute atomic E-state index is 14.0. The molecule has 2 aliphatic rings. The summed E-state index contributed by atoms with van der Waals surface area (Å²) in [7, 11) is 3.62. The van der Waals surface area contributed by atoms with E-state index in [0.717, 1.165) is 25.3 Å². The number of carbonyl (C=O) groups excluding carboxylic acids is 1. The van der Waals surface area contributed by atoms with Crippen molar-refractivity contribution in [1.29, 1.82) is 0 Å². The maximum atomic E-state index is 14.0. The Hall–Kier alpha value is -3.57. The van der Waals surface area contributed by atoms with E-state index < -0.39 is 35.8 Å². The van der Waals surface area contributed by atoms with Crippen LogP contribution in [0.4, 0.5) is 24.7 Å².